The Morgan fingerprint density at radius 3 is 2.68 bits per heavy atom. The van der Waals surface area contributed by atoms with Gasteiger partial charge in [-0.15, -0.1) is 0 Å². The fraction of sp³-hybridized carbons (Fsp3) is 0.727. The van der Waals surface area contributed by atoms with Gasteiger partial charge in [0.05, 0.1) is 0 Å². The van der Waals surface area contributed by atoms with Crippen LogP contribution in [0.4, 0.5) is 10.8 Å². The number of aromatic nitrogens is 1. The van der Waals surface area contributed by atoms with Crippen LogP contribution < -0.4 is 11.1 Å². The van der Waals surface area contributed by atoms with Gasteiger partial charge in [-0.25, -0.2) is 12.7 Å². The summed E-state index contributed by atoms with van der Waals surface area (Å²) < 4.78 is 29.4. The van der Waals surface area contributed by atoms with Crippen LogP contribution in [-0.2, 0) is 10.0 Å². The topological polar surface area (TPSA) is 88.3 Å². The molecule has 1 aliphatic rings. The first-order valence-corrected chi connectivity index (χ1v) is 8.56. The van der Waals surface area contributed by atoms with E-state index >= 15 is 0 Å². The van der Waals surface area contributed by atoms with Crippen molar-refractivity contribution in [3.8, 4) is 0 Å². The van der Waals surface area contributed by atoms with Crippen molar-refractivity contribution in [3.05, 3.63) is 0 Å². The van der Waals surface area contributed by atoms with Gasteiger partial charge in [0.25, 0.3) is 0 Å². The van der Waals surface area contributed by atoms with Crippen molar-refractivity contribution in [2.45, 2.75) is 30.6 Å². The Kier molecular flexibility index (Phi) is 4.32. The van der Waals surface area contributed by atoms with E-state index in [0.717, 1.165) is 34.7 Å². The van der Waals surface area contributed by atoms with E-state index in [2.05, 4.69) is 9.69 Å². The summed E-state index contributed by atoms with van der Waals surface area (Å²) >= 11 is 1.11. The summed E-state index contributed by atoms with van der Waals surface area (Å²) in [6, 6.07) is 0. The summed E-state index contributed by atoms with van der Waals surface area (Å²) in [4.78, 5) is 0.108. The van der Waals surface area contributed by atoms with E-state index in [9.17, 15) is 8.42 Å². The monoisotopic (exact) mass is 304 g/mol. The number of nitrogens with two attached hydrogens (primary N) is 1. The first kappa shape index (κ1) is 14.5. The number of nitrogens with one attached hydrogen (secondary N) is 1. The van der Waals surface area contributed by atoms with Crippen molar-refractivity contribution in [1.29, 1.82) is 0 Å². The molecule has 0 amide bonds. The van der Waals surface area contributed by atoms with E-state index in [0.29, 0.717) is 5.00 Å². The van der Waals surface area contributed by atoms with Crippen LogP contribution in [0.25, 0.3) is 0 Å². The number of rotatable bonds is 6. The van der Waals surface area contributed by atoms with Gasteiger partial charge in [-0.2, -0.15) is 4.37 Å². The lowest BCUT2D eigenvalue weighted by atomic mass is 9.83. The molecule has 8 heteroatoms. The van der Waals surface area contributed by atoms with Crippen molar-refractivity contribution in [2.24, 2.45) is 5.92 Å². The Balaban J connectivity index is 2.08. The summed E-state index contributed by atoms with van der Waals surface area (Å²) in [5.41, 5.74) is 5.69. The Labute approximate surface area is 118 Å². The van der Waals surface area contributed by atoms with Crippen molar-refractivity contribution in [3.63, 3.8) is 0 Å². The molecule has 0 unspecified atom stereocenters. The van der Waals surface area contributed by atoms with Gasteiger partial charge in [-0.1, -0.05) is 19.3 Å². The number of anilines is 2. The van der Waals surface area contributed by atoms with Gasteiger partial charge in [0.15, 0.2) is 10.7 Å². The fourth-order valence-electron chi connectivity index (χ4n) is 2.01. The molecule has 0 atom stereocenters. The van der Waals surface area contributed by atoms with Crippen LogP contribution in [0.3, 0.4) is 0 Å². The average Bonchev–Trinajstić information content (AvgIpc) is 2.63. The highest BCUT2D eigenvalue weighted by Crippen LogP contribution is 2.34. The van der Waals surface area contributed by atoms with E-state index < -0.39 is 10.0 Å². The molecule has 1 fully saturated rings. The second kappa shape index (κ2) is 5.64. The molecule has 0 spiro atoms. The Hall–Kier alpha value is -0.860. The lowest BCUT2D eigenvalue weighted by molar-refractivity contribution is 0.303. The SMILES string of the molecule is CN(C)S(=O)(=O)c1c(N)nsc1NCCC1CCC1. The van der Waals surface area contributed by atoms with Gasteiger partial charge in [0.2, 0.25) is 10.0 Å². The van der Waals surface area contributed by atoms with E-state index in [1.807, 2.05) is 0 Å². The van der Waals surface area contributed by atoms with Crippen LogP contribution >= 0.6 is 11.5 Å². The quantitative estimate of drug-likeness (QED) is 0.833. The molecule has 0 saturated heterocycles. The molecule has 1 aromatic heterocycles. The molecule has 1 aromatic rings. The van der Waals surface area contributed by atoms with Crippen molar-refractivity contribution < 1.29 is 8.42 Å². The molecule has 6 nitrogen and oxygen atoms in total. The highest BCUT2D eigenvalue weighted by atomic mass is 32.2. The molecule has 1 aliphatic carbocycles. The standard InChI is InChI=1S/C11H20N4O2S2/c1-15(2)19(16,17)9-10(12)14-18-11(9)13-7-6-8-4-3-5-8/h8,13H,3-7H2,1-2H3,(H2,12,14). The van der Waals surface area contributed by atoms with E-state index in [1.165, 1.54) is 33.4 Å². The zero-order valence-electron chi connectivity index (χ0n) is 11.2. The largest absolute Gasteiger partial charge is 0.382 e. The van der Waals surface area contributed by atoms with Crippen molar-refractivity contribution in [1.82, 2.24) is 8.68 Å². The van der Waals surface area contributed by atoms with Crippen molar-refractivity contribution in [2.75, 3.05) is 31.7 Å². The molecular formula is C11H20N4O2S2. The lowest BCUT2D eigenvalue weighted by Gasteiger charge is -2.25. The molecule has 0 bridgehead atoms. The maximum absolute atomic E-state index is 12.2. The minimum absolute atomic E-state index is 0.0739. The predicted molar refractivity (Wildman–Crippen MR) is 77.8 cm³/mol. The van der Waals surface area contributed by atoms with Crippen LogP contribution in [0.2, 0.25) is 0 Å². The summed E-state index contributed by atoms with van der Waals surface area (Å²) in [5.74, 6) is 0.858. The minimum Gasteiger partial charge on any atom is -0.382 e. The third kappa shape index (κ3) is 3.01. The van der Waals surface area contributed by atoms with Gasteiger partial charge < -0.3 is 11.1 Å². The highest BCUT2D eigenvalue weighted by molar-refractivity contribution is 7.89. The van der Waals surface area contributed by atoms with Crippen LogP contribution in [-0.4, -0.2) is 37.7 Å². The fourth-order valence-corrected chi connectivity index (χ4v) is 4.11. The lowest BCUT2D eigenvalue weighted by Crippen LogP contribution is -2.24. The number of hydrogen-bond acceptors (Lipinski definition) is 6. The summed E-state index contributed by atoms with van der Waals surface area (Å²) in [7, 11) is -0.562. The Morgan fingerprint density at radius 2 is 2.16 bits per heavy atom. The molecule has 3 N–H and O–H groups in total. The molecule has 108 valence electrons. The molecular weight excluding hydrogens is 284 g/mol. The smallest absolute Gasteiger partial charge is 0.249 e. The van der Waals surface area contributed by atoms with E-state index in [-0.39, 0.29) is 10.7 Å². The first-order chi connectivity index (χ1) is 8.93. The van der Waals surface area contributed by atoms with E-state index in [1.54, 1.807) is 0 Å². The van der Waals surface area contributed by atoms with E-state index in [4.69, 9.17) is 5.73 Å². The normalized spacial score (nSPS) is 16.6. The van der Waals surface area contributed by atoms with Crippen LogP contribution in [0.1, 0.15) is 25.7 Å². The third-order valence-electron chi connectivity index (χ3n) is 3.48. The van der Waals surface area contributed by atoms with Gasteiger partial charge in [0.1, 0.15) is 5.00 Å². The van der Waals surface area contributed by atoms with Crippen LogP contribution in [0.5, 0.6) is 0 Å². The molecule has 2 rings (SSSR count). The van der Waals surface area contributed by atoms with Gasteiger partial charge in [0, 0.05) is 20.6 Å². The van der Waals surface area contributed by atoms with Crippen LogP contribution in [0.15, 0.2) is 4.90 Å². The Morgan fingerprint density at radius 1 is 1.47 bits per heavy atom. The molecule has 19 heavy (non-hydrogen) atoms. The van der Waals surface area contributed by atoms with Gasteiger partial charge in [-0.05, 0) is 23.9 Å². The van der Waals surface area contributed by atoms with Gasteiger partial charge in [-0.3, -0.25) is 0 Å². The number of sulfonamides is 1. The molecule has 1 heterocycles. The van der Waals surface area contributed by atoms with Crippen LogP contribution in [0, 0.1) is 5.92 Å². The molecule has 0 aliphatic heterocycles. The maximum atomic E-state index is 12.2. The predicted octanol–water partition coefficient (Wildman–Crippen LogP) is 1.58. The average molecular weight is 304 g/mol. The number of hydrogen-bond donors (Lipinski definition) is 2. The molecule has 0 aromatic carbocycles. The minimum atomic E-state index is -3.54. The Bertz CT molecular complexity index is 535. The molecule has 1 saturated carbocycles. The second-order valence-corrected chi connectivity index (χ2v) is 7.89. The van der Waals surface area contributed by atoms with Gasteiger partial charge >= 0.3 is 0 Å². The zero-order chi connectivity index (χ0) is 14.0. The third-order valence-corrected chi connectivity index (χ3v) is 6.31. The first-order valence-electron chi connectivity index (χ1n) is 6.34. The van der Waals surface area contributed by atoms with Crippen molar-refractivity contribution >= 4 is 32.4 Å². The number of nitrogens with zero attached hydrogens (tertiary/aromatic N) is 2. The maximum Gasteiger partial charge on any atom is 0.249 e. The number of nitrogen functional groups attached to an aromatic ring is 1. The summed E-state index contributed by atoms with van der Waals surface area (Å²) in [5, 5.41) is 3.71. The summed E-state index contributed by atoms with van der Waals surface area (Å²) in [6.45, 7) is 0.766. The second-order valence-electron chi connectivity index (χ2n) is 5.03. The summed E-state index contributed by atoms with van der Waals surface area (Å²) in [6.07, 6.45) is 4.96. The highest BCUT2D eigenvalue weighted by Gasteiger charge is 2.27. The zero-order valence-corrected chi connectivity index (χ0v) is 12.9. The molecule has 0 radical (unpaired) electrons.